The van der Waals surface area contributed by atoms with Crippen molar-refractivity contribution in [2.75, 3.05) is 40.9 Å². The lowest BCUT2D eigenvalue weighted by molar-refractivity contribution is -0.890. The van der Waals surface area contributed by atoms with Gasteiger partial charge in [-0.25, -0.2) is 0 Å². The van der Waals surface area contributed by atoms with Crippen LogP contribution in [-0.2, 0) is 4.74 Å². The highest BCUT2D eigenvalue weighted by atomic mass is 127. The molecule has 0 aromatic carbocycles. The molecule has 0 atom stereocenters. The second-order valence-electron chi connectivity index (χ2n) is 7.62. The van der Waals surface area contributed by atoms with Crippen LogP contribution in [0.1, 0.15) is 90.4 Å². The summed E-state index contributed by atoms with van der Waals surface area (Å²) in [5.74, 6) is 0. The third-order valence-corrected chi connectivity index (χ3v) is 4.73. The molecule has 142 valence electrons. The summed E-state index contributed by atoms with van der Waals surface area (Å²) in [5.41, 5.74) is 0. The summed E-state index contributed by atoms with van der Waals surface area (Å²) in [4.78, 5) is 0. The fraction of sp³-hybridized carbons (Fsp3) is 1.00. The summed E-state index contributed by atoms with van der Waals surface area (Å²) < 4.78 is 6.30. The molecule has 0 aliphatic heterocycles. The van der Waals surface area contributed by atoms with Crippen molar-refractivity contribution in [2.24, 2.45) is 0 Å². The SMILES string of the molecule is CCCCCCCCCCCCCC[N+](C)(C)CCCOC.[I-]. The third kappa shape index (κ3) is 20.6. The summed E-state index contributed by atoms with van der Waals surface area (Å²) in [6.45, 7) is 5.76. The van der Waals surface area contributed by atoms with E-state index in [1.807, 2.05) is 0 Å². The summed E-state index contributed by atoms with van der Waals surface area (Å²) in [6, 6.07) is 0. The van der Waals surface area contributed by atoms with Crippen molar-refractivity contribution in [3.63, 3.8) is 0 Å². The molecule has 0 amide bonds. The van der Waals surface area contributed by atoms with Crippen LogP contribution in [0, 0.1) is 0 Å². The molecule has 0 unspecified atom stereocenters. The number of methoxy groups -OCH3 is 1. The molecular formula is C20H44INO. The largest absolute Gasteiger partial charge is 1.00 e. The zero-order valence-electron chi connectivity index (χ0n) is 16.5. The van der Waals surface area contributed by atoms with Gasteiger partial charge in [-0.2, -0.15) is 0 Å². The number of unbranched alkanes of at least 4 members (excludes halogenated alkanes) is 11. The Morgan fingerprint density at radius 1 is 0.609 bits per heavy atom. The number of ether oxygens (including phenoxy) is 1. The number of halogens is 1. The van der Waals surface area contributed by atoms with Crippen LogP contribution in [0.5, 0.6) is 0 Å². The molecule has 0 aliphatic carbocycles. The Labute approximate surface area is 164 Å². The van der Waals surface area contributed by atoms with E-state index in [0.29, 0.717) is 0 Å². The summed E-state index contributed by atoms with van der Waals surface area (Å²) in [5, 5.41) is 0. The molecule has 0 spiro atoms. The van der Waals surface area contributed by atoms with Crippen molar-refractivity contribution >= 4 is 0 Å². The van der Waals surface area contributed by atoms with Crippen molar-refractivity contribution in [1.82, 2.24) is 0 Å². The first-order valence-electron chi connectivity index (χ1n) is 9.93. The number of quaternary nitrogens is 1. The molecule has 23 heavy (non-hydrogen) atoms. The lowest BCUT2D eigenvalue weighted by Crippen LogP contribution is -3.00. The van der Waals surface area contributed by atoms with E-state index in [1.165, 1.54) is 96.6 Å². The molecule has 2 nitrogen and oxygen atoms in total. The molecule has 0 radical (unpaired) electrons. The van der Waals surface area contributed by atoms with Gasteiger partial charge in [0.1, 0.15) is 0 Å². The van der Waals surface area contributed by atoms with Gasteiger partial charge in [-0.3, -0.25) is 0 Å². The maximum atomic E-state index is 5.14. The molecule has 0 saturated heterocycles. The lowest BCUT2D eigenvalue weighted by atomic mass is 10.1. The molecule has 0 heterocycles. The van der Waals surface area contributed by atoms with Gasteiger partial charge in [0.25, 0.3) is 0 Å². The number of hydrogen-bond acceptors (Lipinski definition) is 1. The van der Waals surface area contributed by atoms with Gasteiger partial charge < -0.3 is 33.2 Å². The van der Waals surface area contributed by atoms with Crippen LogP contribution < -0.4 is 24.0 Å². The minimum absolute atomic E-state index is 0. The monoisotopic (exact) mass is 441 g/mol. The minimum Gasteiger partial charge on any atom is -1.00 e. The molecule has 0 aromatic heterocycles. The fourth-order valence-corrected chi connectivity index (χ4v) is 3.13. The summed E-state index contributed by atoms with van der Waals surface area (Å²) in [7, 11) is 6.51. The molecule has 0 aromatic rings. The summed E-state index contributed by atoms with van der Waals surface area (Å²) >= 11 is 0. The molecular weight excluding hydrogens is 397 g/mol. The Kier molecular flexibility index (Phi) is 21.4. The third-order valence-electron chi connectivity index (χ3n) is 4.73. The molecule has 0 saturated carbocycles. The minimum atomic E-state index is 0. The maximum absolute atomic E-state index is 5.14. The molecule has 0 N–H and O–H groups in total. The zero-order chi connectivity index (χ0) is 16.5. The van der Waals surface area contributed by atoms with Crippen LogP contribution >= 0.6 is 0 Å². The Morgan fingerprint density at radius 2 is 1.00 bits per heavy atom. The van der Waals surface area contributed by atoms with Gasteiger partial charge in [0.15, 0.2) is 0 Å². The maximum Gasteiger partial charge on any atom is 0.0804 e. The first kappa shape index (κ1) is 25.9. The lowest BCUT2D eigenvalue weighted by Gasteiger charge is -2.29. The van der Waals surface area contributed by atoms with Crippen molar-refractivity contribution in [1.29, 1.82) is 0 Å². The van der Waals surface area contributed by atoms with E-state index >= 15 is 0 Å². The number of hydrogen-bond donors (Lipinski definition) is 0. The van der Waals surface area contributed by atoms with Gasteiger partial charge in [0, 0.05) is 13.5 Å². The topological polar surface area (TPSA) is 9.23 Å². The standard InChI is InChI=1S/C20H44NO.HI/c1-5-6-7-8-9-10-11-12-13-14-15-16-18-21(2,3)19-17-20-22-4;/h5-20H2,1-4H3;1H/q+1;/p-1. The highest BCUT2D eigenvalue weighted by Gasteiger charge is 2.13. The van der Waals surface area contributed by atoms with Gasteiger partial charge in [-0.05, 0) is 12.8 Å². The first-order chi connectivity index (χ1) is 10.6. The molecule has 0 fully saturated rings. The van der Waals surface area contributed by atoms with Gasteiger partial charge in [-0.15, -0.1) is 0 Å². The van der Waals surface area contributed by atoms with Gasteiger partial charge in [-0.1, -0.05) is 71.1 Å². The fourth-order valence-electron chi connectivity index (χ4n) is 3.13. The van der Waals surface area contributed by atoms with Gasteiger partial charge in [0.05, 0.1) is 33.8 Å². The van der Waals surface area contributed by atoms with Crippen LogP contribution in [0.4, 0.5) is 0 Å². The first-order valence-corrected chi connectivity index (χ1v) is 9.93. The normalized spacial score (nSPS) is 11.5. The number of rotatable bonds is 17. The predicted octanol–water partition coefficient (Wildman–Crippen LogP) is 2.80. The predicted molar refractivity (Wildman–Crippen MR) is 99.4 cm³/mol. The van der Waals surface area contributed by atoms with Gasteiger partial charge >= 0.3 is 0 Å². The molecule has 0 aliphatic rings. The molecule has 0 rings (SSSR count). The van der Waals surface area contributed by atoms with Crippen LogP contribution in [-0.4, -0.2) is 45.4 Å². The Morgan fingerprint density at radius 3 is 1.43 bits per heavy atom. The Balaban J connectivity index is 0. The van der Waals surface area contributed by atoms with Crippen LogP contribution in [0.25, 0.3) is 0 Å². The van der Waals surface area contributed by atoms with E-state index in [-0.39, 0.29) is 24.0 Å². The van der Waals surface area contributed by atoms with Crippen molar-refractivity contribution in [3.8, 4) is 0 Å². The van der Waals surface area contributed by atoms with E-state index < -0.39 is 0 Å². The second-order valence-corrected chi connectivity index (χ2v) is 7.62. The zero-order valence-corrected chi connectivity index (χ0v) is 18.7. The van der Waals surface area contributed by atoms with E-state index in [4.69, 9.17) is 4.74 Å². The second kappa shape index (κ2) is 19.0. The van der Waals surface area contributed by atoms with Crippen LogP contribution in [0.3, 0.4) is 0 Å². The highest BCUT2D eigenvalue weighted by Crippen LogP contribution is 2.12. The smallest absolute Gasteiger partial charge is 0.0804 e. The van der Waals surface area contributed by atoms with Gasteiger partial charge in [0.2, 0.25) is 0 Å². The number of nitrogens with zero attached hydrogens (tertiary/aromatic N) is 1. The Hall–Kier alpha value is 0.650. The van der Waals surface area contributed by atoms with E-state index in [1.54, 1.807) is 7.11 Å². The highest BCUT2D eigenvalue weighted by molar-refractivity contribution is 4.49. The van der Waals surface area contributed by atoms with Crippen LogP contribution in [0.15, 0.2) is 0 Å². The molecule has 3 heteroatoms. The summed E-state index contributed by atoms with van der Waals surface area (Å²) in [6.07, 6.45) is 18.4. The quantitative estimate of drug-likeness (QED) is 0.192. The van der Waals surface area contributed by atoms with Crippen LogP contribution in [0.2, 0.25) is 0 Å². The van der Waals surface area contributed by atoms with Crippen molar-refractivity contribution < 1.29 is 33.2 Å². The average molecular weight is 441 g/mol. The van der Waals surface area contributed by atoms with Crippen molar-refractivity contribution in [3.05, 3.63) is 0 Å². The van der Waals surface area contributed by atoms with Crippen molar-refractivity contribution in [2.45, 2.75) is 90.4 Å². The average Bonchev–Trinajstić information content (AvgIpc) is 2.48. The van der Waals surface area contributed by atoms with E-state index in [2.05, 4.69) is 21.0 Å². The van der Waals surface area contributed by atoms with E-state index in [0.717, 1.165) is 11.1 Å². The molecule has 0 bridgehead atoms. The Bertz CT molecular complexity index is 222. The van der Waals surface area contributed by atoms with E-state index in [9.17, 15) is 0 Å².